The Bertz CT molecular complexity index is 928. The van der Waals surface area contributed by atoms with E-state index in [1.807, 2.05) is 13.0 Å². The molecule has 26 heavy (non-hydrogen) atoms. The number of fused-ring (bicyclic) bond motifs is 1. The normalized spacial score (nSPS) is 25.4. The van der Waals surface area contributed by atoms with Crippen molar-refractivity contribution >= 4 is 27.3 Å². The average molecular weight is 372 g/mol. The van der Waals surface area contributed by atoms with E-state index in [0.717, 1.165) is 0 Å². The summed E-state index contributed by atoms with van der Waals surface area (Å²) in [5.74, 6) is 0.0807. The topological polar surface area (TPSA) is 75.7 Å². The van der Waals surface area contributed by atoms with Crippen LogP contribution < -0.4 is 14.4 Å². The van der Waals surface area contributed by atoms with Crippen LogP contribution in [-0.4, -0.2) is 32.2 Å². The fraction of sp³-hybridized carbons (Fsp3) is 0.316. The lowest BCUT2D eigenvalue weighted by Crippen LogP contribution is -2.42. The summed E-state index contributed by atoms with van der Waals surface area (Å²) in [6.07, 6.45) is 0.377. The van der Waals surface area contributed by atoms with Crippen LogP contribution in [0.15, 0.2) is 54.6 Å². The van der Waals surface area contributed by atoms with Crippen molar-refractivity contribution in [3.8, 4) is 5.75 Å². The Hall–Kier alpha value is -2.54. The first-order valence-corrected chi connectivity index (χ1v) is 10.0. The number of para-hydroxylation sites is 1. The Labute approximate surface area is 152 Å². The molecule has 2 aromatic rings. The van der Waals surface area contributed by atoms with Gasteiger partial charge in [0.1, 0.15) is 5.75 Å². The minimum atomic E-state index is -3.75. The summed E-state index contributed by atoms with van der Waals surface area (Å²) in [5.41, 5.74) is 1.17. The van der Waals surface area contributed by atoms with E-state index in [1.165, 1.54) is 4.31 Å². The number of hydrogen-bond donors (Lipinski definition) is 1. The number of carbonyl (C=O) groups excluding carboxylic acids is 1. The number of nitrogens with zero attached hydrogens (tertiary/aromatic N) is 1. The van der Waals surface area contributed by atoms with E-state index in [4.69, 9.17) is 4.74 Å². The zero-order chi connectivity index (χ0) is 18.4. The van der Waals surface area contributed by atoms with Crippen molar-refractivity contribution < 1.29 is 17.9 Å². The largest absolute Gasteiger partial charge is 0.494 e. The first kappa shape index (κ1) is 16.9. The van der Waals surface area contributed by atoms with Gasteiger partial charge in [-0.1, -0.05) is 18.2 Å². The summed E-state index contributed by atoms with van der Waals surface area (Å²) < 4.78 is 31.5. The summed E-state index contributed by atoms with van der Waals surface area (Å²) in [4.78, 5) is 12.8. The van der Waals surface area contributed by atoms with Crippen molar-refractivity contribution in [2.24, 2.45) is 5.92 Å². The molecule has 2 fully saturated rings. The summed E-state index contributed by atoms with van der Waals surface area (Å²) >= 11 is 0. The zero-order valence-corrected chi connectivity index (χ0v) is 15.2. The van der Waals surface area contributed by atoms with Crippen LogP contribution >= 0.6 is 0 Å². The quantitative estimate of drug-likeness (QED) is 0.875. The van der Waals surface area contributed by atoms with Crippen LogP contribution in [0.25, 0.3) is 0 Å². The van der Waals surface area contributed by atoms with E-state index in [9.17, 15) is 13.2 Å². The Balaban J connectivity index is 1.55. The van der Waals surface area contributed by atoms with Gasteiger partial charge in [0.2, 0.25) is 15.9 Å². The van der Waals surface area contributed by atoms with Gasteiger partial charge in [0.25, 0.3) is 0 Å². The molecule has 1 aliphatic heterocycles. The maximum absolute atomic E-state index is 13.1. The van der Waals surface area contributed by atoms with Crippen molar-refractivity contribution in [1.82, 2.24) is 0 Å². The highest BCUT2D eigenvalue weighted by Gasteiger charge is 2.75. The number of hydrogen-bond acceptors (Lipinski definition) is 4. The SMILES string of the molecule is CCOc1ccc(NC(=O)[C@]23C[C@@H]2CN(c2ccccc2)S3(=O)=O)cc1. The molecule has 1 aliphatic carbocycles. The molecule has 1 saturated heterocycles. The van der Waals surface area contributed by atoms with Gasteiger partial charge in [-0.3, -0.25) is 9.10 Å². The summed E-state index contributed by atoms with van der Waals surface area (Å²) in [6.45, 7) is 2.80. The standard InChI is InChI=1S/C19H20N2O4S/c1-2-25-17-10-8-15(9-11-17)20-18(22)19-12-14(19)13-21(26(19,23)24)16-6-4-3-5-7-16/h3-11,14H,2,12-13H2,1H3,(H,20,22)/t14-,19+/m1/s1. The number of benzene rings is 2. The number of anilines is 2. The second-order valence-electron chi connectivity index (χ2n) is 6.57. The van der Waals surface area contributed by atoms with Crippen molar-refractivity contribution in [2.45, 2.75) is 18.1 Å². The number of sulfonamides is 1. The summed E-state index contributed by atoms with van der Waals surface area (Å²) in [6, 6.07) is 15.9. The van der Waals surface area contributed by atoms with E-state index >= 15 is 0 Å². The highest BCUT2D eigenvalue weighted by atomic mass is 32.2. The van der Waals surface area contributed by atoms with Gasteiger partial charge in [0.15, 0.2) is 4.75 Å². The molecule has 6 nitrogen and oxygen atoms in total. The highest BCUT2D eigenvalue weighted by molar-refractivity contribution is 7.95. The van der Waals surface area contributed by atoms with Gasteiger partial charge in [-0.05, 0) is 49.7 Å². The van der Waals surface area contributed by atoms with Gasteiger partial charge in [-0.15, -0.1) is 0 Å². The molecule has 1 saturated carbocycles. The Morgan fingerprint density at radius 2 is 1.88 bits per heavy atom. The lowest BCUT2D eigenvalue weighted by Gasteiger charge is -2.22. The fourth-order valence-corrected chi connectivity index (χ4v) is 5.96. The molecular weight excluding hydrogens is 352 g/mol. The average Bonchev–Trinajstić information content (AvgIpc) is 3.33. The van der Waals surface area contributed by atoms with Crippen LogP contribution in [0.2, 0.25) is 0 Å². The third kappa shape index (κ3) is 2.46. The molecule has 2 atom stereocenters. The molecule has 0 radical (unpaired) electrons. The van der Waals surface area contributed by atoms with Gasteiger partial charge in [0, 0.05) is 18.2 Å². The van der Waals surface area contributed by atoms with Crippen molar-refractivity contribution in [3.63, 3.8) is 0 Å². The Kier molecular flexibility index (Phi) is 3.91. The number of carbonyl (C=O) groups is 1. The molecule has 136 valence electrons. The van der Waals surface area contributed by atoms with Crippen LogP contribution in [0.5, 0.6) is 5.75 Å². The Morgan fingerprint density at radius 3 is 2.54 bits per heavy atom. The molecule has 0 unspecified atom stereocenters. The highest BCUT2D eigenvalue weighted by Crippen LogP contribution is 2.58. The van der Waals surface area contributed by atoms with E-state index in [2.05, 4.69) is 5.32 Å². The lowest BCUT2D eigenvalue weighted by molar-refractivity contribution is -0.116. The predicted molar refractivity (Wildman–Crippen MR) is 99.8 cm³/mol. The first-order chi connectivity index (χ1) is 12.5. The molecule has 7 heteroatoms. The maximum Gasteiger partial charge on any atom is 0.250 e. The van der Waals surface area contributed by atoms with Gasteiger partial charge in [-0.2, -0.15) is 0 Å². The molecule has 0 bridgehead atoms. The van der Waals surface area contributed by atoms with Crippen molar-refractivity contribution in [1.29, 1.82) is 0 Å². The minimum absolute atomic E-state index is 0.171. The summed E-state index contributed by atoms with van der Waals surface area (Å²) in [5, 5.41) is 2.76. The van der Waals surface area contributed by atoms with Crippen LogP contribution in [-0.2, 0) is 14.8 Å². The van der Waals surface area contributed by atoms with E-state index in [0.29, 0.717) is 36.7 Å². The van der Waals surface area contributed by atoms with Gasteiger partial charge >= 0.3 is 0 Å². The molecule has 2 aliphatic rings. The smallest absolute Gasteiger partial charge is 0.250 e. The molecule has 4 rings (SSSR count). The van der Waals surface area contributed by atoms with Crippen LogP contribution in [0, 0.1) is 5.92 Å². The zero-order valence-electron chi connectivity index (χ0n) is 14.4. The maximum atomic E-state index is 13.1. The van der Waals surface area contributed by atoms with Gasteiger partial charge in [-0.25, -0.2) is 8.42 Å². The third-order valence-electron chi connectivity index (χ3n) is 5.04. The van der Waals surface area contributed by atoms with Gasteiger partial charge < -0.3 is 10.1 Å². The molecule has 0 aromatic heterocycles. The molecule has 1 heterocycles. The molecule has 1 amide bonds. The molecule has 1 N–H and O–H groups in total. The van der Waals surface area contributed by atoms with E-state index in [-0.39, 0.29) is 5.92 Å². The van der Waals surface area contributed by atoms with Crippen LogP contribution in [0.1, 0.15) is 13.3 Å². The third-order valence-corrected chi connectivity index (χ3v) is 7.58. The summed E-state index contributed by atoms with van der Waals surface area (Å²) in [7, 11) is -3.75. The molecule has 0 spiro atoms. The fourth-order valence-electron chi connectivity index (χ4n) is 3.60. The number of ether oxygens (including phenoxy) is 1. The number of rotatable bonds is 5. The first-order valence-electron chi connectivity index (χ1n) is 8.60. The Morgan fingerprint density at radius 1 is 1.19 bits per heavy atom. The van der Waals surface area contributed by atoms with E-state index in [1.54, 1.807) is 48.5 Å². The second kappa shape index (κ2) is 6.02. The van der Waals surface area contributed by atoms with Crippen molar-refractivity contribution in [2.75, 3.05) is 22.8 Å². The van der Waals surface area contributed by atoms with Crippen molar-refractivity contribution in [3.05, 3.63) is 54.6 Å². The number of amides is 1. The lowest BCUT2D eigenvalue weighted by atomic mass is 10.2. The number of nitrogens with one attached hydrogen (secondary N) is 1. The van der Waals surface area contributed by atoms with Crippen LogP contribution in [0.3, 0.4) is 0 Å². The minimum Gasteiger partial charge on any atom is -0.494 e. The predicted octanol–water partition coefficient (Wildman–Crippen LogP) is 2.63. The second-order valence-corrected chi connectivity index (χ2v) is 8.69. The molecular formula is C19H20N2O4S. The molecule has 2 aromatic carbocycles. The van der Waals surface area contributed by atoms with Gasteiger partial charge in [0.05, 0.1) is 12.3 Å². The monoisotopic (exact) mass is 372 g/mol. The van der Waals surface area contributed by atoms with Crippen LogP contribution in [0.4, 0.5) is 11.4 Å². The van der Waals surface area contributed by atoms with E-state index < -0.39 is 20.7 Å².